The van der Waals surface area contributed by atoms with Crippen molar-refractivity contribution in [1.82, 2.24) is 19.7 Å². The number of hydrogen-bond donors (Lipinski definition) is 1. The van der Waals surface area contributed by atoms with Crippen molar-refractivity contribution < 1.29 is 4.79 Å². The van der Waals surface area contributed by atoms with E-state index in [9.17, 15) is 10.1 Å². The number of para-hydroxylation sites is 1. The molecule has 0 saturated heterocycles. The molecule has 3 aromatic heterocycles. The lowest BCUT2D eigenvalue weighted by Gasteiger charge is -1.99. The Morgan fingerprint density at radius 1 is 1.18 bits per heavy atom. The molecule has 0 amide bonds. The molecule has 0 radical (unpaired) electrons. The van der Waals surface area contributed by atoms with Gasteiger partial charge in [-0.3, -0.25) is 9.78 Å². The minimum absolute atomic E-state index is 0.219. The van der Waals surface area contributed by atoms with Gasteiger partial charge in [-0.25, -0.2) is 0 Å². The molecular weight excluding hydrogens is 278 g/mol. The van der Waals surface area contributed by atoms with Crippen molar-refractivity contribution in [2.75, 3.05) is 0 Å². The van der Waals surface area contributed by atoms with E-state index >= 15 is 0 Å². The van der Waals surface area contributed by atoms with Crippen LogP contribution in [0.3, 0.4) is 0 Å². The second kappa shape index (κ2) is 4.53. The van der Waals surface area contributed by atoms with Gasteiger partial charge in [0, 0.05) is 17.1 Å². The van der Waals surface area contributed by atoms with Crippen LogP contribution in [0, 0.1) is 11.3 Å². The second-order valence-corrected chi connectivity index (χ2v) is 4.79. The van der Waals surface area contributed by atoms with Crippen LogP contribution in [0.15, 0.2) is 48.7 Å². The van der Waals surface area contributed by atoms with Gasteiger partial charge in [-0.15, -0.1) is 0 Å². The van der Waals surface area contributed by atoms with Crippen molar-refractivity contribution in [3.63, 3.8) is 0 Å². The maximum atomic E-state index is 12.6. The lowest BCUT2D eigenvalue weighted by molar-refractivity contribution is 0.0945. The van der Waals surface area contributed by atoms with Crippen LogP contribution in [0.25, 0.3) is 21.9 Å². The first-order valence-corrected chi connectivity index (χ1v) is 6.65. The van der Waals surface area contributed by atoms with Crippen LogP contribution in [-0.4, -0.2) is 25.7 Å². The molecule has 0 bridgehead atoms. The van der Waals surface area contributed by atoms with Crippen molar-refractivity contribution in [3.8, 4) is 6.07 Å². The fourth-order valence-corrected chi connectivity index (χ4v) is 2.55. The van der Waals surface area contributed by atoms with E-state index in [0.29, 0.717) is 11.0 Å². The topological polar surface area (TPSA) is 87.4 Å². The molecule has 4 rings (SSSR count). The summed E-state index contributed by atoms with van der Waals surface area (Å²) in [6.45, 7) is 0. The van der Waals surface area contributed by atoms with E-state index in [4.69, 9.17) is 0 Å². The zero-order valence-corrected chi connectivity index (χ0v) is 11.3. The molecule has 104 valence electrons. The van der Waals surface area contributed by atoms with Crippen molar-refractivity contribution in [1.29, 1.82) is 5.26 Å². The Kier molecular flexibility index (Phi) is 2.53. The van der Waals surface area contributed by atoms with E-state index in [1.54, 1.807) is 24.4 Å². The zero-order chi connectivity index (χ0) is 15.1. The molecule has 4 aromatic rings. The van der Waals surface area contributed by atoms with Gasteiger partial charge in [-0.1, -0.05) is 24.3 Å². The maximum absolute atomic E-state index is 12.6. The van der Waals surface area contributed by atoms with Gasteiger partial charge in [0.2, 0.25) is 0 Å². The normalized spacial score (nSPS) is 10.9. The van der Waals surface area contributed by atoms with Gasteiger partial charge in [-0.2, -0.15) is 15.0 Å². The first kappa shape index (κ1) is 12.3. The van der Waals surface area contributed by atoms with Crippen LogP contribution in [0.2, 0.25) is 0 Å². The predicted octanol–water partition coefficient (Wildman–Crippen LogP) is 2.47. The van der Waals surface area contributed by atoms with Gasteiger partial charge in [0.15, 0.2) is 5.69 Å². The third-order valence-electron chi connectivity index (χ3n) is 3.52. The molecule has 0 saturated carbocycles. The van der Waals surface area contributed by atoms with Crippen LogP contribution >= 0.6 is 0 Å². The summed E-state index contributed by atoms with van der Waals surface area (Å²) in [6.07, 6.45) is 1.55. The molecule has 3 heterocycles. The number of aromatic nitrogens is 4. The van der Waals surface area contributed by atoms with E-state index in [0.717, 1.165) is 10.9 Å². The molecule has 6 heteroatoms. The highest BCUT2D eigenvalue weighted by atomic mass is 16.2. The van der Waals surface area contributed by atoms with E-state index in [2.05, 4.69) is 21.1 Å². The number of rotatable bonds is 1. The molecule has 1 N–H and O–H groups in total. The number of aromatic amines is 1. The number of nitrogens with one attached hydrogen (secondary N) is 1. The second-order valence-electron chi connectivity index (χ2n) is 4.79. The molecule has 22 heavy (non-hydrogen) atoms. The highest BCUT2D eigenvalue weighted by Crippen LogP contribution is 2.28. The van der Waals surface area contributed by atoms with Gasteiger partial charge in [0.05, 0.1) is 5.39 Å². The molecule has 0 aliphatic heterocycles. The van der Waals surface area contributed by atoms with E-state index in [1.807, 2.05) is 24.3 Å². The fraction of sp³-hybridized carbons (Fsp3) is 0. The summed E-state index contributed by atoms with van der Waals surface area (Å²) >= 11 is 0. The Balaban J connectivity index is 2.03. The average Bonchev–Trinajstić information content (AvgIpc) is 3.12. The summed E-state index contributed by atoms with van der Waals surface area (Å²) < 4.78 is 1.20. The van der Waals surface area contributed by atoms with Crippen molar-refractivity contribution >= 4 is 27.8 Å². The molecule has 0 aliphatic rings. The number of nitrogens with zero attached hydrogens (tertiary/aromatic N) is 4. The number of H-pyrrole nitrogens is 1. The standard InChI is InChI=1S/C16H9N5O/c17-9-13-14-10-5-1-2-6-11(10)19-15(14)21(20-13)16(22)12-7-3-4-8-18-12/h1-8,19H. The van der Waals surface area contributed by atoms with Gasteiger partial charge >= 0.3 is 0 Å². The first-order valence-electron chi connectivity index (χ1n) is 6.65. The van der Waals surface area contributed by atoms with Crippen molar-refractivity contribution in [2.45, 2.75) is 0 Å². The van der Waals surface area contributed by atoms with Gasteiger partial charge in [0.1, 0.15) is 17.4 Å². The summed E-state index contributed by atoms with van der Waals surface area (Å²) in [6, 6.07) is 14.7. The molecule has 6 nitrogen and oxygen atoms in total. The number of pyridine rings is 1. The van der Waals surface area contributed by atoms with Gasteiger partial charge in [-0.05, 0) is 18.2 Å². The molecular formula is C16H9N5O. The van der Waals surface area contributed by atoms with Crippen LogP contribution in [-0.2, 0) is 0 Å². The third-order valence-corrected chi connectivity index (χ3v) is 3.52. The molecule has 1 aromatic carbocycles. The number of benzene rings is 1. The molecule has 0 fully saturated rings. The molecule has 0 spiro atoms. The predicted molar refractivity (Wildman–Crippen MR) is 80.3 cm³/mol. The number of carbonyl (C=O) groups excluding carboxylic acids is 1. The number of fused-ring (bicyclic) bond motifs is 3. The first-order chi connectivity index (χ1) is 10.8. The molecule has 0 aliphatic carbocycles. The number of hydrogen-bond acceptors (Lipinski definition) is 4. The highest BCUT2D eigenvalue weighted by molar-refractivity contribution is 6.11. The van der Waals surface area contributed by atoms with Gasteiger partial charge < -0.3 is 4.98 Å². The fourth-order valence-electron chi connectivity index (χ4n) is 2.55. The van der Waals surface area contributed by atoms with Crippen LogP contribution in [0.4, 0.5) is 0 Å². The monoisotopic (exact) mass is 287 g/mol. The summed E-state index contributed by atoms with van der Waals surface area (Å²) in [5.41, 5.74) is 1.86. The maximum Gasteiger partial charge on any atom is 0.298 e. The van der Waals surface area contributed by atoms with E-state index in [-0.39, 0.29) is 17.3 Å². The summed E-state index contributed by atoms with van der Waals surface area (Å²) in [7, 11) is 0. The Labute approximate surface area is 124 Å². The van der Waals surface area contributed by atoms with E-state index < -0.39 is 0 Å². The van der Waals surface area contributed by atoms with Crippen molar-refractivity contribution in [3.05, 3.63) is 60.0 Å². The number of carbonyl (C=O) groups is 1. The highest BCUT2D eigenvalue weighted by Gasteiger charge is 2.21. The lowest BCUT2D eigenvalue weighted by atomic mass is 10.2. The Bertz CT molecular complexity index is 1050. The van der Waals surface area contributed by atoms with E-state index in [1.165, 1.54) is 4.68 Å². The van der Waals surface area contributed by atoms with Crippen LogP contribution < -0.4 is 0 Å². The quantitative estimate of drug-likeness (QED) is 0.582. The number of nitriles is 1. The summed E-state index contributed by atoms with van der Waals surface area (Å²) in [4.78, 5) is 19.8. The summed E-state index contributed by atoms with van der Waals surface area (Å²) in [5.74, 6) is -0.376. The van der Waals surface area contributed by atoms with Crippen LogP contribution in [0.1, 0.15) is 16.2 Å². The smallest absolute Gasteiger partial charge is 0.298 e. The SMILES string of the molecule is N#Cc1nn(C(=O)c2ccccn2)c2[nH]c3ccccc3c12. The average molecular weight is 287 g/mol. The zero-order valence-electron chi connectivity index (χ0n) is 11.3. The van der Waals surface area contributed by atoms with Gasteiger partial charge in [0.25, 0.3) is 5.91 Å². The molecule has 0 atom stereocenters. The molecule has 0 unspecified atom stereocenters. The lowest BCUT2D eigenvalue weighted by Crippen LogP contribution is -2.15. The minimum Gasteiger partial charge on any atom is -0.339 e. The van der Waals surface area contributed by atoms with Crippen molar-refractivity contribution in [2.24, 2.45) is 0 Å². The minimum atomic E-state index is -0.376. The third kappa shape index (κ3) is 1.63. The Hall–Kier alpha value is -3.46. The Morgan fingerprint density at radius 3 is 2.77 bits per heavy atom. The summed E-state index contributed by atoms with van der Waals surface area (Å²) in [5, 5.41) is 15.0. The largest absolute Gasteiger partial charge is 0.339 e. The van der Waals surface area contributed by atoms with Crippen LogP contribution in [0.5, 0.6) is 0 Å². The Morgan fingerprint density at radius 2 is 2.00 bits per heavy atom.